The number of hydroxylamine groups is 1. The molecule has 1 atom stereocenters. The van der Waals surface area contributed by atoms with Gasteiger partial charge in [-0.15, -0.1) is 0 Å². The van der Waals surface area contributed by atoms with E-state index in [1.54, 1.807) is 0 Å². The first-order valence-corrected chi connectivity index (χ1v) is 7.67. The zero-order chi connectivity index (χ0) is 15.2. The summed E-state index contributed by atoms with van der Waals surface area (Å²) in [4.78, 5) is 18.7. The van der Waals surface area contributed by atoms with Gasteiger partial charge in [0, 0.05) is 12.8 Å². The molecule has 0 spiro atoms. The fourth-order valence-corrected chi connectivity index (χ4v) is 3.37. The Morgan fingerprint density at radius 1 is 1.19 bits per heavy atom. The number of carbonyl (C=O) groups excluding carboxylic acids is 1. The summed E-state index contributed by atoms with van der Waals surface area (Å²) in [5.74, 6) is 1.44. The number of allylic oxidation sites excluding steroid dienone is 1. The van der Waals surface area contributed by atoms with Crippen LogP contribution in [0.5, 0.6) is 0 Å². The van der Waals surface area contributed by atoms with Crippen LogP contribution in [0.4, 0.5) is 5.69 Å². The van der Waals surface area contributed by atoms with Crippen molar-refractivity contribution in [2.24, 2.45) is 11.3 Å². The molecule has 1 aliphatic heterocycles. The smallest absolute Gasteiger partial charge is 0.165 e. The second-order valence-corrected chi connectivity index (χ2v) is 7.22. The number of carbonyl (C=O) groups is 1. The SMILES string of the molecule is CC(C)[C@H]1C2=C(CC(C)(C)CC2=O)ON1c1ccccc1. The van der Waals surface area contributed by atoms with Crippen molar-refractivity contribution in [3.05, 3.63) is 41.7 Å². The maximum Gasteiger partial charge on any atom is 0.165 e. The first kappa shape index (κ1) is 14.2. The molecular formula is C18H23NO2. The van der Waals surface area contributed by atoms with Crippen LogP contribution in [0.25, 0.3) is 0 Å². The normalized spacial score (nSPS) is 24.3. The molecular weight excluding hydrogens is 262 g/mol. The van der Waals surface area contributed by atoms with E-state index in [0.29, 0.717) is 12.3 Å². The second kappa shape index (κ2) is 4.90. The van der Waals surface area contributed by atoms with Gasteiger partial charge in [0.05, 0.1) is 11.3 Å². The third kappa shape index (κ3) is 2.45. The third-order valence-electron chi connectivity index (χ3n) is 4.28. The van der Waals surface area contributed by atoms with Gasteiger partial charge in [-0.05, 0) is 23.5 Å². The number of hydrogen-bond donors (Lipinski definition) is 0. The van der Waals surface area contributed by atoms with Crippen LogP contribution in [0.3, 0.4) is 0 Å². The molecule has 1 aliphatic carbocycles. The van der Waals surface area contributed by atoms with E-state index in [2.05, 4.69) is 27.7 Å². The molecule has 0 saturated heterocycles. The molecule has 0 N–H and O–H groups in total. The number of Topliss-reactive ketones (excluding diaryl/α,β-unsaturated/α-hetero) is 1. The first-order valence-electron chi connectivity index (χ1n) is 7.67. The summed E-state index contributed by atoms with van der Waals surface area (Å²) < 4.78 is 0. The summed E-state index contributed by atoms with van der Waals surface area (Å²) in [5, 5.41) is 1.93. The topological polar surface area (TPSA) is 29.5 Å². The number of ketones is 1. The first-order chi connectivity index (χ1) is 9.89. The molecule has 0 fully saturated rings. The highest BCUT2D eigenvalue weighted by Crippen LogP contribution is 2.45. The molecule has 0 saturated carbocycles. The number of benzene rings is 1. The molecule has 1 heterocycles. The van der Waals surface area contributed by atoms with Gasteiger partial charge in [-0.3, -0.25) is 4.79 Å². The Labute approximate surface area is 126 Å². The van der Waals surface area contributed by atoms with Gasteiger partial charge in [-0.1, -0.05) is 45.9 Å². The average molecular weight is 285 g/mol. The Balaban J connectivity index is 2.00. The maximum atomic E-state index is 12.6. The predicted octanol–water partition coefficient (Wildman–Crippen LogP) is 4.11. The van der Waals surface area contributed by atoms with Gasteiger partial charge in [0.1, 0.15) is 11.8 Å². The van der Waals surface area contributed by atoms with Gasteiger partial charge < -0.3 is 4.84 Å². The lowest BCUT2D eigenvalue weighted by atomic mass is 9.74. The molecule has 0 bridgehead atoms. The summed E-state index contributed by atoms with van der Waals surface area (Å²) in [7, 11) is 0. The van der Waals surface area contributed by atoms with E-state index in [4.69, 9.17) is 4.84 Å². The Bertz CT molecular complexity index is 586. The monoisotopic (exact) mass is 285 g/mol. The Hall–Kier alpha value is -1.77. The highest BCUT2D eigenvalue weighted by molar-refractivity contribution is 5.99. The molecule has 0 radical (unpaired) electrons. The zero-order valence-electron chi connectivity index (χ0n) is 13.2. The second-order valence-electron chi connectivity index (χ2n) is 7.22. The predicted molar refractivity (Wildman–Crippen MR) is 83.7 cm³/mol. The fourth-order valence-electron chi connectivity index (χ4n) is 3.37. The lowest BCUT2D eigenvalue weighted by molar-refractivity contribution is -0.118. The minimum atomic E-state index is -0.00978. The van der Waals surface area contributed by atoms with E-state index in [9.17, 15) is 4.79 Å². The lowest BCUT2D eigenvalue weighted by Gasteiger charge is -2.29. The maximum absolute atomic E-state index is 12.6. The molecule has 2 aliphatic rings. The molecule has 1 aromatic rings. The molecule has 112 valence electrons. The fraction of sp³-hybridized carbons (Fsp3) is 0.500. The van der Waals surface area contributed by atoms with E-state index < -0.39 is 0 Å². The summed E-state index contributed by atoms with van der Waals surface area (Å²) in [5.41, 5.74) is 1.90. The zero-order valence-corrected chi connectivity index (χ0v) is 13.2. The molecule has 3 nitrogen and oxygen atoms in total. The quantitative estimate of drug-likeness (QED) is 0.819. The van der Waals surface area contributed by atoms with Crippen molar-refractivity contribution in [2.45, 2.75) is 46.6 Å². The summed E-state index contributed by atoms with van der Waals surface area (Å²) in [6.45, 7) is 8.56. The van der Waals surface area contributed by atoms with Crippen molar-refractivity contribution in [1.82, 2.24) is 0 Å². The van der Waals surface area contributed by atoms with Crippen LogP contribution in [0.15, 0.2) is 41.7 Å². The van der Waals surface area contributed by atoms with Crippen LogP contribution in [0.2, 0.25) is 0 Å². The van der Waals surface area contributed by atoms with Crippen LogP contribution in [-0.2, 0) is 9.63 Å². The van der Waals surface area contributed by atoms with Crippen molar-refractivity contribution < 1.29 is 9.63 Å². The largest absolute Gasteiger partial charge is 0.383 e. The van der Waals surface area contributed by atoms with Crippen LogP contribution in [0.1, 0.15) is 40.5 Å². The van der Waals surface area contributed by atoms with Gasteiger partial charge >= 0.3 is 0 Å². The van der Waals surface area contributed by atoms with Gasteiger partial charge in [-0.25, -0.2) is 5.06 Å². The minimum absolute atomic E-state index is 0.00978. The summed E-state index contributed by atoms with van der Waals surface area (Å²) in [6.07, 6.45) is 1.45. The average Bonchev–Trinajstić information content (AvgIpc) is 2.77. The number of rotatable bonds is 2. The number of nitrogens with zero attached hydrogens (tertiary/aromatic N) is 1. The number of para-hydroxylation sites is 1. The van der Waals surface area contributed by atoms with Crippen molar-refractivity contribution in [3.63, 3.8) is 0 Å². The van der Waals surface area contributed by atoms with Gasteiger partial charge in [-0.2, -0.15) is 0 Å². The highest BCUT2D eigenvalue weighted by Gasteiger charge is 2.46. The summed E-state index contributed by atoms with van der Waals surface area (Å²) in [6, 6.07) is 10.1. The third-order valence-corrected chi connectivity index (χ3v) is 4.28. The van der Waals surface area contributed by atoms with Crippen LogP contribution in [-0.4, -0.2) is 11.8 Å². The van der Waals surface area contributed by atoms with E-state index in [-0.39, 0.29) is 17.2 Å². The van der Waals surface area contributed by atoms with E-state index in [1.807, 2.05) is 35.4 Å². The van der Waals surface area contributed by atoms with Crippen LogP contribution < -0.4 is 5.06 Å². The van der Waals surface area contributed by atoms with Gasteiger partial charge in [0.2, 0.25) is 0 Å². The van der Waals surface area contributed by atoms with Gasteiger partial charge in [0.15, 0.2) is 5.78 Å². The Kier molecular flexibility index (Phi) is 3.31. The van der Waals surface area contributed by atoms with E-state index >= 15 is 0 Å². The van der Waals surface area contributed by atoms with Gasteiger partial charge in [0.25, 0.3) is 0 Å². The molecule has 0 aromatic heterocycles. The Morgan fingerprint density at radius 2 is 1.86 bits per heavy atom. The van der Waals surface area contributed by atoms with Crippen molar-refractivity contribution in [3.8, 4) is 0 Å². The van der Waals surface area contributed by atoms with E-state index in [1.165, 1.54) is 0 Å². The molecule has 21 heavy (non-hydrogen) atoms. The van der Waals surface area contributed by atoms with E-state index in [0.717, 1.165) is 23.4 Å². The molecule has 0 amide bonds. The minimum Gasteiger partial charge on any atom is -0.383 e. The summed E-state index contributed by atoms with van der Waals surface area (Å²) >= 11 is 0. The molecule has 3 heteroatoms. The lowest BCUT2D eigenvalue weighted by Crippen LogP contribution is -2.37. The van der Waals surface area contributed by atoms with Crippen molar-refractivity contribution in [1.29, 1.82) is 0 Å². The number of anilines is 1. The molecule has 3 rings (SSSR count). The highest BCUT2D eigenvalue weighted by atomic mass is 16.7. The standard InChI is InChI=1S/C18H23NO2/c1-12(2)17-16-14(20)10-18(3,4)11-15(16)21-19(17)13-8-6-5-7-9-13/h5-9,12,17H,10-11H2,1-4H3/t17-/m0/s1. The van der Waals surface area contributed by atoms with Crippen molar-refractivity contribution >= 4 is 11.5 Å². The van der Waals surface area contributed by atoms with Crippen molar-refractivity contribution in [2.75, 3.05) is 5.06 Å². The molecule has 0 unspecified atom stereocenters. The van der Waals surface area contributed by atoms with Crippen LogP contribution >= 0.6 is 0 Å². The number of hydrogen-bond acceptors (Lipinski definition) is 3. The van der Waals surface area contributed by atoms with Crippen LogP contribution in [0, 0.1) is 11.3 Å². The Morgan fingerprint density at radius 3 is 2.48 bits per heavy atom. The molecule has 1 aromatic carbocycles.